The Morgan fingerprint density at radius 2 is 1.48 bits per heavy atom. The topological polar surface area (TPSA) is 44.8 Å². The summed E-state index contributed by atoms with van der Waals surface area (Å²) in [5.41, 5.74) is 0. The van der Waals surface area contributed by atoms with Crippen molar-refractivity contribution in [3.63, 3.8) is 0 Å². The van der Waals surface area contributed by atoms with Gasteiger partial charge in [-0.25, -0.2) is 4.79 Å². The van der Waals surface area contributed by atoms with Gasteiger partial charge in [0.15, 0.2) is 0 Å². The summed E-state index contributed by atoms with van der Waals surface area (Å²) in [5, 5.41) is 0. The second-order valence-corrected chi connectivity index (χ2v) is 10.9. The molecular weight excluding hydrogens is 284 g/mol. The van der Waals surface area contributed by atoms with Crippen molar-refractivity contribution in [2.45, 2.75) is 51.4 Å². The molecule has 0 atom stereocenters. The largest absolute Gasteiger partial charge is 0.460 e. The van der Waals surface area contributed by atoms with E-state index >= 15 is 0 Å². The van der Waals surface area contributed by atoms with Gasteiger partial charge in [-0.2, -0.15) is 0 Å². The molecule has 0 amide bonds. The SMILES string of the molecule is C=CC(=O)OCCOCCOCCC[Si](CC)(CC)CC. The number of carbonyl (C=O) groups excluding carboxylic acids is 1. The zero-order valence-corrected chi connectivity index (χ0v) is 15.0. The summed E-state index contributed by atoms with van der Waals surface area (Å²) in [6.07, 6.45) is 2.31. The molecule has 21 heavy (non-hydrogen) atoms. The maximum absolute atomic E-state index is 10.8. The van der Waals surface area contributed by atoms with Crippen molar-refractivity contribution in [2.75, 3.05) is 33.0 Å². The molecule has 4 nitrogen and oxygen atoms in total. The van der Waals surface area contributed by atoms with E-state index in [0.717, 1.165) is 12.7 Å². The van der Waals surface area contributed by atoms with Gasteiger partial charge in [0.25, 0.3) is 0 Å². The fourth-order valence-electron chi connectivity index (χ4n) is 2.41. The Labute approximate surface area is 130 Å². The van der Waals surface area contributed by atoms with E-state index in [-0.39, 0.29) is 6.61 Å². The normalized spacial score (nSPS) is 11.4. The third kappa shape index (κ3) is 9.82. The predicted octanol–water partition coefficient (Wildman–Crippen LogP) is 3.65. The van der Waals surface area contributed by atoms with Crippen LogP contribution in [0.25, 0.3) is 0 Å². The van der Waals surface area contributed by atoms with Crippen molar-refractivity contribution < 1.29 is 19.0 Å². The first-order chi connectivity index (χ1) is 10.1. The van der Waals surface area contributed by atoms with E-state index in [1.54, 1.807) is 0 Å². The minimum absolute atomic E-state index is 0.266. The van der Waals surface area contributed by atoms with Crippen molar-refractivity contribution in [3.8, 4) is 0 Å². The van der Waals surface area contributed by atoms with Gasteiger partial charge in [-0.3, -0.25) is 0 Å². The van der Waals surface area contributed by atoms with Crippen LogP contribution in [0, 0.1) is 0 Å². The number of ether oxygens (including phenoxy) is 3. The van der Waals surface area contributed by atoms with E-state index in [1.807, 2.05) is 0 Å². The van der Waals surface area contributed by atoms with Crippen LogP contribution in [0.15, 0.2) is 12.7 Å². The van der Waals surface area contributed by atoms with Crippen LogP contribution in [0.1, 0.15) is 27.2 Å². The molecule has 0 radical (unpaired) electrons. The Kier molecular flexibility index (Phi) is 12.6. The van der Waals surface area contributed by atoms with Crippen LogP contribution in [-0.2, 0) is 19.0 Å². The van der Waals surface area contributed by atoms with E-state index in [9.17, 15) is 4.79 Å². The monoisotopic (exact) mass is 316 g/mol. The summed E-state index contributed by atoms with van der Waals surface area (Å²) in [7, 11) is -0.986. The lowest BCUT2D eigenvalue weighted by molar-refractivity contribution is -0.139. The van der Waals surface area contributed by atoms with Crippen molar-refractivity contribution in [1.82, 2.24) is 0 Å². The third-order valence-corrected chi connectivity index (χ3v) is 10.2. The first kappa shape index (κ1) is 20.3. The van der Waals surface area contributed by atoms with Crippen LogP contribution < -0.4 is 0 Å². The van der Waals surface area contributed by atoms with Crippen LogP contribution in [0.2, 0.25) is 24.2 Å². The number of hydrogen-bond acceptors (Lipinski definition) is 4. The lowest BCUT2D eigenvalue weighted by atomic mass is 10.5. The van der Waals surface area contributed by atoms with Crippen molar-refractivity contribution in [3.05, 3.63) is 12.7 Å². The first-order valence-electron chi connectivity index (χ1n) is 8.08. The number of carbonyl (C=O) groups is 1. The van der Waals surface area contributed by atoms with Gasteiger partial charge >= 0.3 is 5.97 Å². The van der Waals surface area contributed by atoms with Gasteiger partial charge in [0.1, 0.15) is 6.61 Å². The van der Waals surface area contributed by atoms with Crippen LogP contribution in [0.3, 0.4) is 0 Å². The molecular formula is C16H32O4Si. The second-order valence-electron chi connectivity index (χ2n) is 5.26. The average Bonchev–Trinajstić information content (AvgIpc) is 2.53. The van der Waals surface area contributed by atoms with Gasteiger partial charge in [-0.15, -0.1) is 0 Å². The van der Waals surface area contributed by atoms with Crippen LogP contribution >= 0.6 is 0 Å². The molecule has 0 aromatic rings. The fraction of sp³-hybridized carbons (Fsp3) is 0.812. The molecule has 0 saturated heterocycles. The smallest absolute Gasteiger partial charge is 0.330 e. The van der Waals surface area contributed by atoms with Gasteiger partial charge in [0, 0.05) is 12.7 Å². The summed E-state index contributed by atoms with van der Waals surface area (Å²) in [4.78, 5) is 10.8. The quantitative estimate of drug-likeness (QED) is 0.212. The first-order valence-corrected chi connectivity index (χ1v) is 10.9. The maximum Gasteiger partial charge on any atom is 0.330 e. The lowest BCUT2D eigenvalue weighted by Crippen LogP contribution is -2.31. The Morgan fingerprint density at radius 1 is 0.952 bits per heavy atom. The van der Waals surface area contributed by atoms with Gasteiger partial charge < -0.3 is 14.2 Å². The molecule has 0 rings (SSSR count). The molecule has 0 aliphatic carbocycles. The second kappa shape index (κ2) is 13.0. The van der Waals surface area contributed by atoms with Gasteiger partial charge in [0.2, 0.25) is 0 Å². The predicted molar refractivity (Wildman–Crippen MR) is 89.4 cm³/mol. The highest BCUT2D eigenvalue weighted by Crippen LogP contribution is 2.26. The third-order valence-electron chi connectivity index (χ3n) is 4.26. The zero-order chi connectivity index (χ0) is 16.0. The average molecular weight is 317 g/mol. The standard InChI is InChI=1S/C16H32O4Si/c1-5-16(17)20-14-13-19-12-11-18-10-9-15-21(6-2,7-3)8-4/h5H,1,6-15H2,2-4H3. The molecule has 0 saturated carbocycles. The molecule has 0 fully saturated rings. The summed E-state index contributed by atoms with van der Waals surface area (Å²) in [6, 6.07) is 5.51. The number of hydrogen-bond donors (Lipinski definition) is 0. The summed E-state index contributed by atoms with van der Waals surface area (Å²) in [5.74, 6) is -0.412. The fourth-order valence-corrected chi connectivity index (χ4v) is 5.87. The molecule has 0 bridgehead atoms. The molecule has 0 heterocycles. The van der Waals surface area contributed by atoms with Gasteiger partial charge in [0.05, 0.1) is 27.9 Å². The Bertz CT molecular complexity index is 269. The summed E-state index contributed by atoms with van der Waals surface area (Å²) in [6.45, 7) is 13.0. The Morgan fingerprint density at radius 3 is 2.00 bits per heavy atom. The maximum atomic E-state index is 10.8. The Balaban J connectivity index is 3.40. The highest BCUT2D eigenvalue weighted by atomic mass is 28.3. The molecule has 0 unspecified atom stereocenters. The molecule has 0 aliphatic heterocycles. The molecule has 0 aromatic carbocycles. The Hall–Kier alpha value is -0.653. The van der Waals surface area contributed by atoms with Gasteiger partial charge in [-0.05, 0) is 6.42 Å². The summed E-state index contributed by atoms with van der Waals surface area (Å²) >= 11 is 0. The van der Waals surface area contributed by atoms with Crippen molar-refractivity contribution in [2.24, 2.45) is 0 Å². The van der Waals surface area contributed by atoms with Crippen molar-refractivity contribution >= 4 is 14.0 Å². The van der Waals surface area contributed by atoms with Gasteiger partial charge in [-0.1, -0.05) is 51.5 Å². The van der Waals surface area contributed by atoms with E-state index in [2.05, 4.69) is 27.4 Å². The van der Waals surface area contributed by atoms with Crippen molar-refractivity contribution in [1.29, 1.82) is 0 Å². The van der Waals surface area contributed by atoms with Crippen LogP contribution in [0.5, 0.6) is 0 Å². The van der Waals surface area contributed by atoms with E-state index in [4.69, 9.17) is 14.2 Å². The van der Waals surface area contributed by atoms with Crippen LogP contribution in [-0.4, -0.2) is 47.1 Å². The van der Waals surface area contributed by atoms with E-state index < -0.39 is 14.0 Å². The minimum atomic E-state index is -0.986. The van der Waals surface area contributed by atoms with E-state index in [1.165, 1.54) is 30.6 Å². The molecule has 0 N–H and O–H groups in total. The summed E-state index contributed by atoms with van der Waals surface area (Å²) < 4.78 is 15.7. The molecule has 0 spiro atoms. The highest BCUT2D eigenvalue weighted by Gasteiger charge is 2.25. The van der Waals surface area contributed by atoms with Crippen LogP contribution in [0.4, 0.5) is 0 Å². The molecule has 5 heteroatoms. The number of rotatable bonds is 14. The molecule has 124 valence electrons. The number of esters is 1. The van der Waals surface area contributed by atoms with E-state index in [0.29, 0.717) is 19.8 Å². The molecule has 0 aliphatic rings. The zero-order valence-electron chi connectivity index (χ0n) is 14.0. The minimum Gasteiger partial charge on any atom is -0.460 e. The lowest BCUT2D eigenvalue weighted by Gasteiger charge is -2.27. The highest BCUT2D eigenvalue weighted by molar-refractivity contribution is 6.79. The molecule has 0 aromatic heterocycles.